The van der Waals surface area contributed by atoms with Gasteiger partial charge in [-0.1, -0.05) is 60.7 Å². The second kappa shape index (κ2) is 6.50. The standard InChI is InChI=1S/C21H15NO4S/c23-21(18-11-5-7-14-6-1-2-8-15(14)18)22-19-12-13-20(27(24,25)26)17-10-4-3-9-16(17)19/h1-13H,(H,22,23)(H,24,25,26). The molecule has 4 rings (SSSR count). The van der Waals surface area contributed by atoms with Crippen molar-refractivity contribution in [3.05, 3.63) is 84.4 Å². The third-order valence-corrected chi connectivity index (χ3v) is 5.36. The monoisotopic (exact) mass is 377 g/mol. The highest BCUT2D eigenvalue weighted by molar-refractivity contribution is 7.86. The summed E-state index contributed by atoms with van der Waals surface area (Å²) in [5, 5.41) is 5.51. The van der Waals surface area contributed by atoms with Gasteiger partial charge in [0.25, 0.3) is 16.0 Å². The lowest BCUT2D eigenvalue weighted by molar-refractivity contribution is 0.102. The first kappa shape index (κ1) is 17.2. The first-order valence-electron chi connectivity index (χ1n) is 8.23. The summed E-state index contributed by atoms with van der Waals surface area (Å²) in [6, 6.07) is 22.6. The van der Waals surface area contributed by atoms with E-state index in [1.54, 1.807) is 30.3 Å². The van der Waals surface area contributed by atoms with Crippen LogP contribution in [0.25, 0.3) is 21.5 Å². The molecule has 0 aromatic heterocycles. The summed E-state index contributed by atoms with van der Waals surface area (Å²) in [7, 11) is -4.37. The molecule has 0 heterocycles. The fourth-order valence-electron chi connectivity index (χ4n) is 3.22. The summed E-state index contributed by atoms with van der Waals surface area (Å²) >= 11 is 0. The van der Waals surface area contributed by atoms with E-state index in [0.717, 1.165) is 10.8 Å². The fourth-order valence-corrected chi connectivity index (χ4v) is 3.91. The van der Waals surface area contributed by atoms with Crippen molar-refractivity contribution < 1.29 is 17.8 Å². The van der Waals surface area contributed by atoms with Crippen LogP contribution < -0.4 is 5.32 Å². The topological polar surface area (TPSA) is 83.5 Å². The van der Waals surface area contributed by atoms with E-state index in [-0.39, 0.29) is 10.8 Å². The molecule has 0 spiro atoms. The Morgan fingerprint density at radius 2 is 1.37 bits per heavy atom. The van der Waals surface area contributed by atoms with Crippen LogP contribution in [0.3, 0.4) is 0 Å². The number of fused-ring (bicyclic) bond motifs is 2. The van der Waals surface area contributed by atoms with Crippen molar-refractivity contribution in [3.63, 3.8) is 0 Å². The van der Waals surface area contributed by atoms with Crippen LogP contribution in [0.5, 0.6) is 0 Å². The summed E-state index contributed by atoms with van der Waals surface area (Å²) < 4.78 is 32.7. The van der Waals surface area contributed by atoms with Crippen LogP contribution in [-0.4, -0.2) is 18.9 Å². The van der Waals surface area contributed by atoms with E-state index in [1.807, 2.05) is 36.4 Å². The van der Waals surface area contributed by atoms with Gasteiger partial charge in [-0.05, 0) is 29.0 Å². The molecular weight excluding hydrogens is 362 g/mol. The minimum atomic E-state index is -4.37. The van der Waals surface area contributed by atoms with Crippen LogP contribution in [0, 0.1) is 0 Å². The highest BCUT2D eigenvalue weighted by Gasteiger charge is 2.17. The fraction of sp³-hybridized carbons (Fsp3) is 0. The largest absolute Gasteiger partial charge is 0.321 e. The average molecular weight is 377 g/mol. The number of nitrogens with one attached hydrogen (secondary N) is 1. The number of amides is 1. The molecule has 0 saturated carbocycles. The van der Waals surface area contributed by atoms with Crippen LogP contribution >= 0.6 is 0 Å². The minimum Gasteiger partial charge on any atom is -0.321 e. The van der Waals surface area contributed by atoms with Gasteiger partial charge in [-0.15, -0.1) is 0 Å². The van der Waals surface area contributed by atoms with Crippen molar-refractivity contribution in [2.75, 3.05) is 5.32 Å². The maximum Gasteiger partial charge on any atom is 0.295 e. The lowest BCUT2D eigenvalue weighted by atomic mass is 10.0. The molecule has 0 aliphatic rings. The Morgan fingerprint density at radius 1 is 0.741 bits per heavy atom. The summed E-state index contributed by atoms with van der Waals surface area (Å²) in [6.45, 7) is 0. The summed E-state index contributed by atoms with van der Waals surface area (Å²) in [5.74, 6) is -0.295. The zero-order valence-corrected chi connectivity index (χ0v) is 14.9. The predicted molar refractivity (Wildman–Crippen MR) is 106 cm³/mol. The second-order valence-electron chi connectivity index (χ2n) is 6.11. The van der Waals surface area contributed by atoms with Gasteiger partial charge in [-0.25, -0.2) is 0 Å². The normalized spacial score (nSPS) is 11.6. The zero-order chi connectivity index (χ0) is 19.0. The maximum atomic E-state index is 12.9. The van der Waals surface area contributed by atoms with E-state index in [1.165, 1.54) is 12.1 Å². The van der Waals surface area contributed by atoms with Gasteiger partial charge in [0.15, 0.2) is 0 Å². The van der Waals surface area contributed by atoms with Crippen LogP contribution in [-0.2, 0) is 10.1 Å². The summed E-state index contributed by atoms with van der Waals surface area (Å²) in [6.07, 6.45) is 0. The van der Waals surface area contributed by atoms with E-state index in [4.69, 9.17) is 0 Å². The maximum absolute atomic E-state index is 12.9. The molecule has 1 amide bonds. The highest BCUT2D eigenvalue weighted by atomic mass is 32.2. The molecule has 6 heteroatoms. The first-order chi connectivity index (χ1) is 12.9. The van der Waals surface area contributed by atoms with Crippen molar-refractivity contribution in [1.82, 2.24) is 0 Å². The van der Waals surface area contributed by atoms with Gasteiger partial charge >= 0.3 is 0 Å². The van der Waals surface area contributed by atoms with Crippen LogP contribution in [0.4, 0.5) is 5.69 Å². The number of rotatable bonds is 3. The van der Waals surface area contributed by atoms with E-state index in [0.29, 0.717) is 22.0 Å². The first-order valence-corrected chi connectivity index (χ1v) is 9.67. The smallest absolute Gasteiger partial charge is 0.295 e. The van der Waals surface area contributed by atoms with Gasteiger partial charge in [0.2, 0.25) is 0 Å². The van der Waals surface area contributed by atoms with Crippen molar-refractivity contribution in [1.29, 1.82) is 0 Å². The van der Waals surface area contributed by atoms with E-state index in [2.05, 4.69) is 5.32 Å². The quantitative estimate of drug-likeness (QED) is 0.515. The molecule has 0 bridgehead atoms. The van der Waals surface area contributed by atoms with Crippen LogP contribution in [0.1, 0.15) is 10.4 Å². The Hall–Kier alpha value is -3.22. The zero-order valence-electron chi connectivity index (χ0n) is 14.1. The SMILES string of the molecule is O=C(Nc1ccc(S(=O)(=O)O)c2ccccc12)c1cccc2ccccc12. The average Bonchev–Trinajstić information content (AvgIpc) is 2.66. The molecular formula is C21H15NO4S. The van der Waals surface area contributed by atoms with Gasteiger partial charge in [-0.2, -0.15) is 8.42 Å². The number of carbonyl (C=O) groups excluding carboxylic acids is 1. The van der Waals surface area contributed by atoms with Gasteiger partial charge in [0, 0.05) is 22.0 Å². The molecule has 27 heavy (non-hydrogen) atoms. The number of carbonyl (C=O) groups is 1. The summed E-state index contributed by atoms with van der Waals surface area (Å²) in [5.41, 5.74) is 0.993. The molecule has 134 valence electrons. The number of hydrogen-bond acceptors (Lipinski definition) is 3. The van der Waals surface area contributed by atoms with Crippen molar-refractivity contribution in [2.24, 2.45) is 0 Å². The van der Waals surface area contributed by atoms with Crippen molar-refractivity contribution in [2.45, 2.75) is 4.90 Å². The Kier molecular flexibility index (Phi) is 4.14. The van der Waals surface area contributed by atoms with Crippen molar-refractivity contribution >= 4 is 43.3 Å². The highest BCUT2D eigenvalue weighted by Crippen LogP contribution is 2.30. The third-order valence-electron chi connectivity index (χ3n) is 4.44. The lowest BCUT2D eigenvalue weighted by Gasteiger charge is -2.12. The molecule has 2 N–H and O–H groups in total. The van der Waals surface area contributed by atoms with E-state index < -0.39 is 10.1 Å². The minimum absolute atomic E-state index is 0.193. The molecule has 4 aromatic rings. The Bertz CT molecular complexity index is 1290. The molecule has 0 aliphatic carbocycles. The van der Waals surface area contributed by atoms with Gasteiger partial charge in [0.1, 0.15) is 4.90 Å². The Labute approximate surface area is 156 Å². The molecule has 0 fully saturated rings. The molecule has 0 unspecified atom stereocenters. The van der Waals surface area contributed by atoms with E-state index in [9.17, 15) is 17.8 Å². The number of hydrogen-bond donors (Lipinski definition) is 2. The molecule has 0 radical (unpaired) electrons. The summed E-state index contributed by atoms with van der Waals surface area (Å²) in [4.78, 5) is 12.7. The van der Waals surface area contributed by atoms with E-state index >= 15 is 0 Å². The van der Waals surface area contributed by atoms with Gasteiger partial charge in [-0.3, -0.25) is 9.35 Å². The lowest BCUT2D eigenvalue weighted by Crippen LogP contribution is -2.13. The second-order valence-corrected chi connectivity index (χ2v) is 7.50. The predicted octanol–water partition coefficient (Wildman–Crippen LogP) is 4.49. The number of anilines is 1. The molecule has 5 nitrogen and oxygen atoms in total. The van der Waals surface area contributed by atoms with Crippen LogP contribution in [0.2, 0.25) is 0 Å². The Balaban J connectivity index is 1.81. The molecule has 4 aromatic carbocycles. The Morgan fingerprint density at radius 3 is 2.11 bits per heavy atom. The van der Waals surface area contributed by atoms with Crippen LogP contribution in [0.15, 0.2) is 83.8 Å². The van der Waals surface area contributed by atoms with Gasteiger partial charge < -0.3 is 5.32 Å². The molecule has 0 saturated heterocycles. The number of benzene rings is 4. The third kappa shape index (κ3) is 3.16. The molecule has 0 atom stereocenters. The van der Waals surface area contributed by atoms with Crippen molar-refractivity contribution in [3.8, 4) is 0 Å². The molecule has 0 aliphatic heterocycles. The van der Waals surface area contributed by atoms with Gasteiger partial charge in [0.05, 0.1) is 0 Å².